The number of hydrogen-bond donors (Lipinski definition) is 1. The summed E-state index contributed by atoms with van der Waals surface area (Å²) in [5, 5.41) is 2.79. The van der Waals surface area contributed by atoms with E-state index >= 15 is 0 Å². The Hall–Kier alpha value is -1.76. The molecule has 0 aromatic heterocycles. The molecule has 0 unspecified atom stereocenters. The van der Waals surface area contributed by atoms with Crippen molar-refractivity contribution >= 4 is 27.8 Å². The van der Waals surface area contributed by atoms with E-state index < -0.39 is 12.1 Å². The number of halogens is 1. The first kappa shape index (κ1) is 16.6. The number of nitrogens with one attached hydrogen (secondary N) is 1. The molecule has 7 heteroatoms. The molecule has 0 aliphatic heterocycles. The average Bonchev–Trinajstić information content (AvgIpc) is 3.31. The maximum absolute atomic E-state index is 12.2. The van der Waals surface area contributed by atoms with Crippen molar-refractivity contribution in [3.05, 3.63) is 22.2 Å². The van der Waals surface area contributed by atoms with Gasteiger partial charge < -0.3 is 19.5 Å². The number of carbonyl (C=O) groups is 2. The minimum Gasteiger partial charge on any atom is -0.495 e. The first-order valence-corrected chi connectivity index (χ1v) is 7.68. The van der Waals surface area contributed by atoms with Gasteiger partial charge in [0.1, 0.15) is 16.0 Å². The summed E-state index contributed by atoms with van der Waals surface area (Å²) in [5.74, 6) is -0.00258. The number of amides is 1. The van der Waals surface area contributed by atoms with Gasteiger partial charge in [0.25, 0.3) is 5.91 Å². The summed E-state index contributed by atoms with van der Waals surface area (Å²) < 4.78 is 16.1. The summed E-state index contributed by atoms with van der Waals surface area (Å²) in [6, 6.07) is 3.28. The van der Waals surface area contributed by atoms with Gasteiger partial charge >= 0.3 is 5.97 Å². The Labute approximate surface area is 137 Å². The fourth-order valence-electron chi connectivity index (χ4n) is 1.82. The van der Waals surface area contributed by atoms with Crippen molar-refractivity contribution in [2.24, 2.45) is 0 Å². The van der Waals surface area contributed by atoms with Crippen LogP contribution in [0.1, 0.15) is 30.1 Å². The molecular formula is C15H18BrNO5. The Bertz CT molecular complexity index is 560. The van der Waals surface area contributed by atoms with Crippen molar-refractivity contribution in [3.63, 3.8) is 0 Å². The molecule has 22 heavy (non-hydrogen) atoms. The van der Waals surface area contributed by atoms with Gasteiger partial charge in [-0.25, -0.2) is 4.79 Å². The molecule has 1 fully saturated rings. The summed E-state index contributed by atoms with van der Waals surface area (Å²) in [4.78, 5) is 24.0. The van der Waals surface area contributed by atoms with Crippen LogP contribution in [0.15, 0.2) is 16.6 Å². The molecule has 0 saturated heterocycles. The van der Waals surface area contributed by atoms with Crippen LogP contribution < -0.4 is 14.8 Å². The summed E-state index contributed by atoms with van der Waals surface area (Å²) in [6.45, 7) is 1.54. The molecule has 1 N–H and O–H groups in total. The Morgan fingerprint density at radius 3 is 2.23 bits per heavy atom. The molecule has 1 amide bonds. The zero-order chi connectivity index (χ0) is 16.3. The first-order valence-electron chi connectivity index (χ1n) is 6.89. The molecule has 1 aromatic rings. The van der Waals surface area contributed by atoms with Gasteiger partial charge in [-0.3, -0.25) is 4.79 Å². The lowest BCUT2D eigenvalue weighted by molar-refractivity contribution is -0.129. The van der Waals surface area contributed by atoms with E-state index in [4.69, 9.17) is 14.2 Å². The topological polar surface area (TPSA) is 73.9 Å². The maximum Gasteiger partial charge on any atom is 0.339 e. The summed E-state index contributed by atoms with van der Waals surface area (Å²) in [7, 11) is 2.97. The number of ether oxygens (including phenoxy) is 3. The number of methoxy groups -OCH3 is 2. The first-order chi connectivity index (χ1) is 10.5. The van der Waals surface area contributed by atoms with Crippen LogP contribution in [0, 0.1) is 0 Å². The minimum atomic E-state index is -0.853. The Morgan fingerprint density at radius 1 is 1.23 bits per heavy atom. The molecule has 1 aromatic carbocycles. The third kappa shape index (κ3) is 3.91. The van der Waals surface area contributed by atoms with Gasteiger partial charge in [-0.15, -0.1) is 0 Å². The molecular weight excluding hydrogens is 354 g/mol. The predicted octanol–water partition coefficient (Wildman–Crippen LogP) is 2.29. The van der Waals surface area contributed by atoms with Gasteiger partial charge in [-0.1, -0.05) is 0 Å². The van der Waals surface area contributed by atoms with E-state index in [1.165, 1.54) is 26.4 Å². The molecule has 1 aliphatic rings. The summed E-state index contributed by atoms with van der Waals surface area (Å²) >= 11 is 3.33. The van der Waals surface area contributed by atoms with Crippen molar-refractivity contribution in [2.75, 3.05) is 14.2 Å². The van der Waals surface area contributed by atoms with Crippen LogP contribution in [0.4, 0.5) is 0 Å². The number of rotatable bonds is 6. The minimum absolute atomic E-state index is 0.224. The third-order valence-electron chi connectivity index (χ3n) is 3.26. The van der Waals surface area contributed by atoms with Crippen molar-refractivity contribution < 1.29 is 23.8 Å². The molecule has 1 saturated carbocycles. The number of esters is 1. The molecule has 0 spiro atoms. The van der Waals surface area contributed by atoms with Crippen LogP contribution in [0.25, 0.3) is 0 Å². The normalized spacial score (nSPS) is 14.9. The number of carbonyl (C=O) groups excluding carboxylic acids is 2. The molecule has 0 radical (unpaired) electrons. The van der Waals surface area contributed by atoms with Crippen molar-refractivity contribution in [2.45, 2.75) is 31.9 Å². The Morgan fingerprint density at radius 2 is 1.77 bits per heavy atom. The van der Waals surface area contributed by atoms with Gasteiger partial charge in [0.05, 0.1) is 19.8 Å². The van der Waals surface area contributed by atoms with Crippen LogP contribution in [-0.2, 0) is 9.53 Å². The second-order valence-electron chi connectivity index (χ2n) is 5.03. The summed E-state index contributed by atoms with van der Waals surface area (Å²) in [5.41, 5.74) is 0.253. The van der Waals surface area contributed by atoms with Gasteiger partial charge in [-0.2, -0.15) is 0 Å². The fourth-order valence-corrected chi connectivity index (χ4v) is 2.37. The lowest BCUT2D eigenvalue weighted by Crippen LogP contribution is -2.37. The van der Waals surface area contributed by atoms with E-state index in [9.17, 15) is 9.59 Å². The zero-order valence-corrected chi connectivity index (χ0v) is 14.2. The second kappa shape index (κ2) is 7.00. The molecule has 0 heterocycles. The van der Waals surface area contributed by atoms with Gasteiger partial charge in [0.2, 0.25) is 0 Å². The van der Waals surface area contributed by atoms with Crippen LogP contribution in [0.2, 0.25) is 0 Å². The molecule has 120 valence electrons. The van der Waals surface area contributed by atoms with Gasteiger partial charge in [-0.05, 0) is 47.8 Å². The third-order valence-corrected chi connectivity index (χ3v) is 4.04. The van der Waals surface area contributed by atoms with E-state index in [-0.39, 0.29) is 17.5 Å². The van der Waals surface area contributed by atoms with Crippen LogP contribution >= 0.6 is 15.9 Å². The Balaban J connectivity index is 2.09. The molecule has 2 rings (SSSR count). The quantitative estimate of drug-likeness (QED) is 0.776. The van der Waals surface area contributed by atoms with Gasteiger partial charge in [0.15, 0.2) is 6.10 Å². The number of hydrogen-bond acceptors (Lipinski definition) is 5. The highest BCUT2D eigenvalue weighted by Gasteiger charge is 2.27. The molecule has 1 atom stereocenters. The van der Waals surface area contributed by atoms with Gasteiger partial charge in [0, 0.05) is 6.04 Å². The highest BCUT2D eigenvalue weighted by Crippen LogP contribution is 2.35. The Kier molecular flexibility index (Phi) is 5.28. The largest absolute Gasteiger partial charge is 0.495 e. The SMILES string of the molecule is COc1cc(C(=O)O[C@H](C)C(=O)NC2CC2)cc(OC)c1Br. The maximum atomic E-state index is 12.2. The van der Waals surface area contributed by atoms with Crippen LogP contribution in [0.5, 0.6) is 11.5 Å². The van der Waals surface area contributed by atoms with E-state index in [0.717, 1.165) is 12.8 Å². The molecule has 6 nitrogen and oxygen atoms in total. The predicted molar refractivity (Wildman–Crippen MR) is 83.3 cm³/mol. The van der Waals surface area contributed by atoms with Crippen molar-refractivity contribution in [3.8, 4) is 11.5 Å². The highest BCUT2D eigenvalue weighted by molar-refractivity contribution is 9.10. The standard InChI is InChI=1S/C15H18BrNO5/c1-8(14(18)17-10-4-5-10)22-15(19)9-6-11(20-2)13(16)12(7-9)21-3/h6-8,10H,4-5H2,1-3H3,(H,17,18)/t8-/m1/s1. The van der Waals surface area contributed by atoms with E-state index in [2.05, 4.69) is 21.2 Å². The summed E-state index contributed by atoms with van der Waals surface area (Å²) in [6.07, 6.45) is 1.11. The zero-order valence-electron chi connectivity index (χ0n) is 12.6. The second-order valence-corrected chi connectivity index (χ2v) is 5.82. The van der Waals surface area contributed by atoms with Crippen LogP contribution in [-0.4, -0.2) is 38.2 Å². The van der Waals surface area contributed by atoms with Crippen molar-refractivity contribution in [1.82, 2.24) is 5.32 Å². The highest BCUT2D eigenvalue weighted by atomic mass is 79.9. The van der Waals surface area contributed by atoms with Crippen molar-refractivity contribution in [1.29, 1.82) is 0 Å². The van der Waals surface area contributed by atoms with E-state index in [1.54, 1.807) is 6.92 Å². The van der Waals surface area contributed by atoms with Crippen LogP contribution in [0.3, 0.4) is 0 Å². The number of benzene rings is 1. The lowest BCUT2D eigenvalue weighted by atomic mass is 10.2. The average molecular weight is 372 g/mol. The smallest absolute Gasteiger partial charge is 0.339 e. The van der Waals surface area contributed by atoms with E-state index in [1.807, 2.05) is 0 Å². The monoisotopic (exact) mass is 371 g/mol. The molecule has 1 aliphatic carbocycles. The lowest BCUT2D eigenvalue weighted by Gasteiger charge is -2.15. The molecule has 0 bridgehead atoms. The fraction of sp³-hybridized carbons (Fsp3) is 0.467. The van der Waals surface area contributed by atoms with E-state index in [0.29, 0.717) is 16.0 Å².